The number of carbonyl (C=O) groups excluding carboxylic acids is 1. The molecule has 0 saturated carbocycles. The molecule has 0 spiro atoms. The summed E-state index contributed by atoms with van der Waals surface area (Å²) in [6.07, 6.45) is 4.31. The van der Waals surface area contributed by atoms with E-state index in [1.807, 2.05) is 6.92 Å². The van der Waals surface area contributed by atoms with Gasteiger partial charge in [-0.25, -0.2) is 13.2 Å². The number of aromatic nitrogens is 2. The van der Waals surface area contributed by atoms with Gasteiger partial charge in [0.15, 0.2) is 17.5 Å². The molecule has 1 unspecified atom stereocenters. The Bertz CT molecular complexity index is 764. The van der Waals surface area contributed by atoms with Crippen LogP contribution in [0.3, 0.4) is 0 Å². The SMILES string of the molecule is Cc1c(/C=C/C(=O)NC(CO)c2cc(F)c(F)c(F)c2)cnn1C. The molecule has 0 saturated heterocycles. The Labute approximate surface area is 136 Å². The number of nitrogens with zero attached hydrogens (tertiary/aromatic N) is 2. The third kappa shape index (κ3) is 3.83. The molecule has 2 N–H and O–H groups in total. The van der Waals surface area contributed by atoms with E-state index >= 15 is 0 Å². The second-order valence-electron chi connectivity index (χ2n) is 5.18. The summed E-state index contributed by atoms with van der Waals surface area (Å²) >= 11 is 0. The molecule has 2 aromatic rings. The number of benzene rings is 1. The number of aryl methyl sites for hydroxylation is 1. The molecule has 2 rings (SSSR count). The fourth-order valence-corrected chi connectivity index (χ4v) is 2.08. The molecule has 1 atom stereocenters. The average molecular weight is 339 g/mol. The van der Waals surface area contributed by atoms with Gasteiger partial charge in [0.1, 0.15) is 0 Å². The predicted octanol–water partition coefficient (Wildman–Crippen LogP) is 2.01. The van der Waals surface area contributed by atoms with Crippen molar-refractivity contribution in [1.82, 2.24) is 15.1 Å². The standard InChI is InChI=1S/C16H16F3N3O2/c1-9-10(7-20-22(9)2)3-4-15(24)21-14(8-23)11-5-12(17)16(19)13(18)6-11/h3-7,14,23H,8H2,1-2H3,(H,21,24)/b4-3+. The number of amides is 1. The number of halogens is 3. The van der Waals surface area contributed by atoms with E-state index in [2.05, 4.69) is 10.4 Å². The normalized spacial score (nSPS) is 12.6. The van der Waals surface area contributed by atoms with Gasteiger partial charge in [-0.1, -0.05) is 0 Å². The lowest BCUT2D eigenvalue weighted by molar-refractivity contribution is -0.117. The lowest BCUT2D eigenvalue weighted by Gasteiger charge is -2.16. The van der Waals surface area contributed by atoms with Crippen molar-refractivity contribution < 1.29 is 23.1 Å². The number of aliphatic hydroxyl groups is 1. The molecular formula is C16H16F3N3O2. The number of hydrogen-bond acceptors (Lipinski definition) is 3. The highest BCUT2D eigenvalue weighted by Gasteiger charge is 2.18. The molecule has 24 heavy (non-hydrogen) atoms. The van der Waals surface area contributed by atoms with Crippen LogP contribution in [0.5, 0.6) is 0 Å². The molecule has 0 aliphatic rings. The van der Waals surface area contributed by atoms with Gasteiger partial charge < -0.3 is 10.4 Å². The first-order chi connectivity index (χ1) is 11.3. The van der Waals surface area contributed by atoms with Crippen LogP contribution >= 0.6 is 0 Å². The minimum atomic E-state index is -1.60. The minimum Gasteiger partial charge on any atom is -0.394 e. The van der Waals surface area contributed by atoms with Crippen LogP contribution in [0.2, 0.25) is 0 Å². The Hall–Kier alpha value is -2.61. The average Bonchev–Trinajstić information content (AvgIpc) is 2.87. The predicted molar refractivity (Wildman–Crippen MR) is 81.3 cm³/mol. The van der Waals surface area contributed by atoms with E-state index < -0.39 is 36.0 Å². The third-order valence-electron chi connectivity index (χ3n) is 3.60. The van der Waals surface area contributed by atoms with Crippen molar-refractivity contribution in [3.63, 3.8) is 0 Å². The summed E-state index contributed by atoms with van der Waals surface area (Å²) < 4.78 is 41.1. The molecule has 0 aliphatic carbocycles. The lowest BCUT2D eigenvalue weighted by atomic mass is 10.1. The van der Waals surface area contributed by atoms with E-state index in [-0.39, 0.29) is 5.56 Å². The van der Waals surface area contributed by atoms with E-state index in [1.54, 1.807) is 17.9 Å². The van der Waals surface area contributed by atoms with Crippen molar-refractivity contribution in [3.05, 3.63) is 58.7 Å². The molecule has 128 valence electrons. The van der Waals surface area contributed by atoms with Gasteiger partial charge in [0.05, 0.1) is 18.8 Å². The highest BCUT2D eigenvalue weighted by Crippen LogP contribution is 2.19. The number of aliphatic hydroxyl groups excluding tert-OH is 1. The molecule has 0 bridgehead atoms. The maximum Gasteiger partial charge on any atom is 0.244 e. The fourth-order valence-electron chi connectivity index (χ4n) is 2.08. The van der Waals surface area contributed by atoms with Crippen LogP contribution in [0.4, 0.5) is 13.2 Å². The molecule has 8 heteroatoms. The van der Waals surface area contributed by atoms with E-state index in [0.29, 0.717) is 0 Å². The van der Waals surface area contributed by atoms with Crippen LogP contribution in [0.1, 0.15) is 22.9 Å². The first-order valence-corrected chi connectivity index (χ1v) is 7.06. The smallest absolute Gasteiger partial charge is 0.244 e. The van der Waals surface area contributed by atoms with E-state index in [0.717, 1.165) is 23.4 Å². The largest absolute Gasteiger partial charge is 0.394 e. The van der Waals surface area contributed by atoms with Gasteiger partial charge in [-0.2, -0.15) is 5.10 Å². The van der Waals surface area contributed by atoms with Crippen LogP contribution in [-0.4, -0.2) is 27.4 Å². The van der Waals surface area contributed by atoms with Gasteiger partial charge in [0.2, 0.25) is 5.91 Å². The third-order valence-corrected chi connectivity index (χ3v) is 3.60. The Morgan fingerprint density at radius 1 is 1.38 bits per heavy atom. The Kier molecular flexibility index (Phi) is 5.40. The van der Waals surface area contributed by atoms with Crippen molar-refractivity contribution in [3.8, 4) is 0 Å². The monoisotopic (exact) mass is 339 g/mol. The second kappa shape index (κ2) is 7.31. The molecule has 0 fully saturated rings. The molecule has 1 heterocycles. The molecule has 5 nitrogen and oxygen atoms in total. The number of carbonyl (C=O) groups is 1. The zero-order valence-electron chi connectivity index (χ0n) is 13.1. The van der Waals surface area contributed by atoms with Crippen molar-refractivity contribution in [1.29, 1.82) is 0 Å². The maximum atomic E-state index is 13.3. The van der Waals surface area contributed by atoms with Crippen LogP contribution in [0, 0.1) is 24.4 Å². The Morgan fingerprint density at radius 2 is 2.00 bits per heavy atom. The maximum absolute atomic E-state index is 13.3. The summed E-state index contributed by atoms with van der Waals surface area (Å²) in [5.74, 6) is -4.96. The summed E-state index contributed by atoms with van der Waals surface area (Å²) in [7, 11) is 1.76. The number of hydrogen-bond donors (Lipinski definition) is 2. The second-order valence-corrected chi connectivity index (χ2v) is 5.18. The first kappa shape index (κ1) is 17.7. The summed E-state index contributed by atoms with van der Waals surface area (Å²) in [6.45, 7) is 1.22. The molecule has 0 radical (unpaired) electrons. The molecular weight excluding hydrogens is 323 g/mol. The molecule has 1 amide bonds. The quantitative estimate of drug-likeness (QED) is 0.647. The van der Waals surface area contributed by atoms with Gasteiger partial charge in [-0.3, -0.25) is 9.48 Å². The van der Waals surface area contributed by atoms with Crippen LogP contribution in [0.15, 0.2) is 24.4 Å². The molecule has 1 aromatic heterocycles. The van der Waals surface area contributed by atoms with Gasteiger partial charge in [-0.05, 0) is 30.7 Å². The minimum absolute atomic E-state index is 0.0757. The van der Waals surface area contributed by atoms with E-state index in [9.17, 15) is 23.1 Å². The Morgan fingerprint density at radius 3 is 2.50 bits per heavy atom. The summed E-state index contributed by atoms with van der Waals surface area (Å²) in [5.41, 5.74) is 1.50. The number of rotatable bonds is 5. The topological polar surface area (TPSA) is 67.2 Å². The lowest BCUT2D eigenvalue weighted by Crippen LogP contribution is -2.29. The number of nitrogens with one attached hydrogen (secondary N) is 1. The van der Waals surface area contributed by atoms with Gasteiger partial charge in [0.25, 0.3) is 0 Å². The summed E-state index contributed by atoms with van der Waals surface area (Å²) in [6, 6.07) is 0.394. The first-order valence-electron chi connectivity index (χ1n) is 7.06. The fraction of sp³-hybridized carbons (Fsp3) is 0.250. The van der Waals surface area contributed by atoms with Crippen molar-refractivity contribution >= 4 is 12.0 Å². The molecule has 0 aliphatic heterocycles. The van der Waals surface area contributed by atoms with Gasteiger partial charge >= 0.3 is 0 Å². The summed E-state index contributed by atoms with van der Waals surface area (Å²) in [5, 5.41) is 15.7. The van der Waals surface area contributed by atoms with Crippen LogP contribution < -0.4 is 5.32 Å². The zero-order chi connectivity index (χ0) is 17.9. The Balaban J connectivity index is 2.12. The van der Waals surface area contributed by atoms with Gasteiger partial charge in [0, 0.05) is 24.4 Å². The van der Waals surface area contributed by atoms with Crippen molar-refractivity contribution in [2.75, 3.05) is 6.61 Å². The van der Waals surface area contributed by atoms with E-state index in [1.165, 1.54) is 12.2 Å². The van der Waals surface area contributed by atoms with Gasteiger partial charge in [-0.15, -0.1) is 0 Å². The summed E-state index contributed by atoms with van der Waals surface area (Å²) in [4.78, 5) is 11.9. The van der Waals surface area contributed by atoms with Crippen LogP contribution in [0.25, 0.3) is 6.08 Å². The highest BCUT2D eigenvalue weighted by atomic mass is 19.2. The van der Waals surface area contributed by atoms with Crippen molar-refractivity contribution in [2.24, 2.45) is 7.05 Å². The highest BCUT2D eigenvalue weighted by molar-refractivity contribution is 5.92. The zero-order valence-corrected chi connectivity index (χ0v) is 13.1. The van der Waals surface area contributed by atoms with E-state index in [4.69, 9.17) is 0 Å². The van der Waals surface area contributed by atoms with Crippen molar-refractivity contribution in [2.45, 2.75) is 13.0 Å². The van der Waals surface area contributed by atoms with Crippen LogP contribution in [-0.2, 0) is 11.8 Å². The molecule has 1 aromatic carbocycles.